The van der Waals surface area contributed by atoms with E-state index < -0.39 is 0 Å². The minimum absolute atomic E-state index is 0.0984. The molecule has 3 heterocycles. The van der Waals surface area contributed by atoms with E-state index in [1.165, 1.54) is 42.6 Å². The van der Waals surface area contributed by atoms with Crippen LogP contribution < -0.4 is 15.8 Å². The van der Waals surface area contributed by atoms with E-state index in [0.717, 1.165) is 30.2 Å². The maximum Gasteiger partial charge on any atom is 0.254 e. The Balaban J connectivity index is 1.42. The Kier molecular flexibility index (Phi) is 7.12. The molecule has 1 aliphatic heterocycles. The van der Waals surface area contributed by atoms with E-state index in [0.29, 0.717) is 11.4 Å². The Morgan fingerprint density at radius 1 is 1.03 bits per heavy atom. The Morgan fingerprint density at radius 3 is 2.48 bits per heavy atom. The molecule has 3 aromatic rings. The molecule has 1 saturated heterocycles. The molecule has 8 nitrogen and oxygen atoms in total. The first-order valence-corrected chi connectivity index (χ1v) is 11.5. The number of aromatic nitrogens is 4. The Hall–Kier alpha value is -3.55. The lowest BCUT2D eigenvalue weighted by Crippen LogP contribution is -2.28. The number of nitrogens with zero attached hydrogens (tertiary/aromatic N) is 5. The van der Waals surface area contributed by atoms with E-state index in [1.807, 2.05) is 50.2 Å². The summed E-state index contributed by atoms with van der Waals surface area (Å²) >= 11 is 0. The lowest BCUT2D eigenvalue weighted by molar-refractivity contribution is -0.116. The summed E-state index contributed by atoms with van der Waals surface area (Å²) in [5, 5.41) is 11.7. The van der Waals surface area contributed by atoms with Crippen LogP contribution in [0.5, 0.6) is 0 Å². The van der Waals surface area contributed by atoms with Gasteiger partial charge in [-0.25, -0.2) is 4.98 Å². The lowest BCUT2D eigenvalue weighted by atomic mass is 10.1. The third-order valence-corrected chi connectivity index (χ3v) is 5.83. The zero-order valence-corrected chi connectivity index (χ0v) is 19.2. The first kappa shape index (κ1) is 22.6. The highest BCUT2D eigenvalue weighted by Gasteiger charge is 2.13. The van der Waals surface area contributed by atoms with Gasteiger partial charge < -0.3 is 10.2 Å². The van der Waals surface area contributed by atoms with Crippen LogP contribution in [-0.2, 0) is 11.3 Å². The lowest BCUT2D eigenvalue weighted by Gasteiger charge is -2.20. The van der Waals surface area contributed by atoms with Crippen LogP contribution in [0.15, 0.2) is 53.6 Å². The van der Waals surface area contributed by atoms with Crippen LogP contribution in [0, 0.1) is 0 Å². The van der Waals surface area contributed by atoms with Gasteiger partial charge >= 0.3 is 0 Å². The van der Waals surface area contributed by atoms with Gasteiger partial charge in [0.05, 0.1) is 17.7 Å². The third kappa shape index (κ3) is 5.83. The van der Waals surface area contributed by atoms with Gasteiger partial charge in [0.15, 0.2) is 5.82 Å². The molecule has 1 N–H and O–H groups in total. The van der Waals surface area contributed by atoms with Crippen molar-refractivity contribution in [2.24, 2.45) is 0 Å². The van der Waals surface area contributed by atoms with E-state index in [1.54, 1.807) is 0 Å². The van der Waals surface area contributed by atoms with Crippen molar-refractivity contribution in [3.8, 4) is 11.3 Å². The summed E-state index contributed by atoms with van der Waals surface area (Å²) in [7, 11) is 0. The first-order valence-electron chi connectivity index (χ1n) is 11.5. The molecule has 1 amide bonds. The van der Waals surface area contributed by atoms with E-state index in [-0.39, 0.29) is 23.9 Å². The van der Waals surface area contributed by atoms with Crippen molar-refractivity contribution in [3.63, 3.8) is 0 Å². The average Bonchev–Trinajstić information content (AvgIpc) is 3.10. The highest BCUT2D eigenvalue weighted by Crippen LogP contribution is 2.23. The molecule has 0 unspecified atom stereocenters. The van der Waals surface area contributed by atoms with Crippen LogP contribution >= 0.6 is 0 Å². The van der Waals surface area contributed by atoms with Crippen molar-refractivity contribution in [1.29, 1.82) is 0 Å². The largest absolute Gasteiger partial charge is 0.355 e. The Bertz CT molecular complexity index is 1150. The van der Waals surface area contributed by atoms with Gasteiger partial charge in [-0.3, -0.25) is 14.2 Å². The van der Waals surface area contributed by atoms with Gasteiger partial charge in [0, 0.05) is 30.4 Å². The molecule has 172 valence electrons. The summed E-state index contributed by atoms with van der Waals surface area (Å²) in [5.41, 5.74) is 2.72. The van der Waals surface area contributed by atoms with Crippen molar-refractivity contribution >= 4 is 17.4 Å². The molecule has 0 saturated carbocycles. The standard InChI is InChI=1S/C25H30N6O2/c1-18(2)22-15-25(33)31(17-26-22)16-24(32)27-20-9-7-8-19(14-20)21-10-11-23(29-28-21)30-12-5-3-4-6-13-30/h7-11,14-15,17-18H,3-6,12-13,16H2,1-2H3,(H,27,32). The second-order valence-corrected chi connectivity index (χ2v) is 8.74. The van der Waals surface area contributed by atoms with Gasteiger partial charge in [0.1, 0.15) is 6.54 Å². The minimum atomic E-state index is -0.295. The number of hydrogen-bond acceptors (Lipinski definition) is 6. The molecule has 0 radical (unpaired) electrons. The van der Waals surface area contributed by atoms with Gasteiger partial charge in [-0.15, -0.1) is 10.2 Å². The molecule has 1 fully saturated rings. The molecule has 2 aromatic heterocycles. The monoisotopic (exact) mass is 446 g/mol. The second kappa shape index (κ2) is 10.4. The highest BCUT2D eigenvalue weighted by atomic mass is 16.2. The van der Waals surface area contributed by atoms with Crippen LogP contribution in [0.25, 0.3) is 11.3 Å². The van der Waals surface area contributed by atoms with Gasteiger partial charge in [0.25, 0.3) is 5.56 Å². The molecule has 0 aliphatic carbocycles. The number of nitrogens with one attached hydrogen (secondary N) is 1. The van der Waals surface area contributed by atoms with Crippen molar-refractivity contribution < 1.29 is 4.79 Å². The Labute approximate surface area is 193 Å². The van der Waals surface area contributed by atoms with Crippen molar-refractivity contribution in [1.82, 2.24) is 19.7 Å². The number of carbonyl (C=O) groups is 1. The van der Waals surface area contributed by atoms with Crippen LogP contribution in [0.2, 0.25) is 0 Å². The SMILES string of the molecule is CC(C)c1cc(=O)n(CC(=O)Nc2cccc(-c3ccc(N4CCCCCC4)nn3)c2)cn1. The molecular weight excluding hydrogens is 416 g/mol. The van der Waals surface area contributed by atoms with Crippen molar-refractivity contribution in [3.05, 3.63) is 64.8 Å². The van der Waals surface area contributed by atoms with Gasteiger partial charge in [-0.05, 0) is 43.0 Å². The van der Waals surface area contributed by atoms with E-state index in [4.69, 9.17) is 0 Å². The minimum Gasteiger partial charge on any atom is -0.355 e. The predicted molar refractivity (Wildman–Crippen MR) is 129 cm³/mol. The molecule has 0 spiro atoms. The fourth-order valence-electron chi connectivity index (χ4n) is 3.93. The molecule has 0 bridgehead atoms. The summed E-state index contributed by atoms with van der Waals surface area (Å²) in [5.74, 6) is 0.772. The van der Waals surface area contributed by atoms with Crippen LogP contribution in [-0.4, -0.2) is 38.7 Å². The fourth-order valence-corrected chi connectivity index (χ4v) is 3.93. The Morgan fingerprint density at radius 2 is 1.82 bits per heavy atom. The number of hydrogen-bond donors (Lipinski definition) is 1. The fraction of sp³-hybridized carbons (Fsp3) is 0.400. The molecule has 1 aromatic carbocycles. The first-order chi connectivity index (χ1) is 16.0. The summed E-state index contributed by atoms with van der Waals surface area (Å²) in [6, 6.07) is 12.9. The van der Waals surface area contributed by atoms with E-state index >= 15 is 0 Å². The quantitative estimate of drug-likeness (QED) is 0.618. The molecular formula is C25H30N6O2. The number of amides is 1. The second-order valence-electron chi connectivity index (χ2n) is 8.74. The van der Waals surface area contributed by atoms with Gasteiger partial charge in [0.2, 0.25) is 5.91 Å². The van der Waals surface area contributed by atoms with E-state index in [9.17, 15) is 9.59 Å². The third-order valence-electron chi connectivity index (χ3n) is 5.83. The molecule has 33 heavy (non-hydrogen) atoms. The van der Waals surface area contributed by atoms with Crippen LogP contribution in [0.1, 0.15) is 51.1 Å². The molecule has 0 atom stereocenters. The van der Waals surface area contributed by atoms with E-state index in [2.05, 4.69) is 25.4 Å². The maximum atomic E-state index is 12.5. The van der Waals surface area contributed by atoms with Crippen LogP contribution in [0.4, 0.5) is 11.5 Å². The summed E-state index contributed by atoms with van der Waals surface area (Å²) in [6.07, 6.45) is 6.35. The maximum absolute atomic E-state index is 12.5. The molecule has 8 heteroatoms. The summed E-state index contributed by atoms with van der Waals surface area (Å²) in [6.45, 7) is 5.89. The van der Waals surface area contributed by atoms with Gasteiger partial charge in [-0.2, -0.15) is 0 Å². The highest BCUT2D eigenvalue weighted by molar-refractivity contribution is 5.91. The number of anilines is 2. The van der Waals surface area contributed by atoms with Gasteiger partial charge in [-0.1, -0.05) is 38.8 Å². The number of rotatable bonds is 6. The predicted octanol–water partition coefficient (Wildman–Crippen LogP) is 3.84. The number of carbonyl (C=O) groups excluding carboxylic acids is 1. The van der Waals surface area contributed by atoms with Crippen LogP contribution in [0.3, 0.4) is 0 Å². The van der Waals surface area contributed by atoms with Crippen molar-refractivity contribution in [2.75, 3.05) is 23.3 Å². The summed E-state index contributed by atoms with van der Waals surface area (Å²) < 4.78 is 1.30. The molecule has 1 aliphatic rings. The summed E-state index contributed by atoms with van der Waals surface area (Å²) in [4.78, 5) is 31.3. The molecule has 4 rings (SSSR count). The topological polar surface area (TPSA) is 93.0 Å². The average molecular weight is 447 g/mol. The zero-order chi connectivity index (χ0) is 23.2. The zero-order valence-electron chi connectivity index (χ0n) is 19.2. The number of benzene rings is 1. The van der Waals surface area contributed by atoms with Crippen molar-refractivity contribution in [2.45, 2.75) is 52.0 Å². The smallest absolute Gasteiger partial charge is 0.254 e. The normalized spacial score (nSPS) is 14.2.